The molecule has 1 heterocycles. The summed E-state index contributed by atoms with van der Waals surface area (Å²) in [5.41, 5.74) is 5.32. The summed E-state index contributed by atoms with van der Waals surface area (Å²) in [6.45, 7) is 5.55. The van der Waals surface area contributed by atoms with Gasteiger partial charge in [-0.25, -0.2) is 0 Å². The Morgan fingerprint density at radius 3 is 2.38 bits per heavy atom. The zero-order valence-corrected chi connectivity index (χ0v) is 10.1. The van der Waals surface area contributed by atoms with Gasteiger partial charge in [0, 0.05) is 25.2 Å². The summed E-state index contributed by atoms with van der Waals surface area (Å²) >= 11 is 0. The lowest BCUT2D eigenvalue weighted by molar-refractivity contribution is -0.133. The topological polar surface area (TPSA) is 82.2 Å². The van der Waals surface area contributed by atoms with Crippen LogP contribution in [0, 0.1) is 0 Å². The Hall–Kier alpha value is -1.30. The van der Waals surface area contributed by atoms with Crippen molar-refractivity contribution in [2.75, 3.05) is 20.1 Å². The minimum Gasteiger partial charge on any atom is -0.409 e. The Kier molecular flexibility index (Phi) is 4.12. The first-order valence-electron chi connectivity index (χ1n) is 5.41. The van der Waals surface area contributed by atoms with E-state index in [0.717, 1.165) is 0 Å². The SMILES string of the molecule is CC1CN(C(=O)CC(N)=NO)CC(C)N1C. The maximum absolute atomic E-state index is 11.8. The fourth-order valence-corrected chi connectivity index (χ4v) is 1.91. The number of nitrogens with zero attached hydrogens (tertiary/aromatic N) is 3. The number of nitrogens with two attached hydrogens (primary N) is 1. The number of rotatable bonds is 2. The number of likely N-dealkylation sites (N-methyl/N-ethyl adjacent to an activating group) is 1. The fraction of sp³-hybridized carbons (Fsp3) is 0.800. The second kappa shape index (κ2) is 5.16. The van der Waals surface area contributed by atoms with Crippen molar-refractivity contribution in [2.45, 2.75) is 32.4 Å². The molecule has 2 atom stereocenters. The van der Waals surface area contributed by atoms with Gasteiger partial charge in [-0.15, -0.1) is 0 Å². The van der Waals surface area contributed by atoms with Gasteiger partial charge in [0.1, 0.15) is 5.84 Å². The van der Waals surface area contributed by atoms with Gasteiger partial charge in [0.05, 0.1) is 6.42 Å². The molecular weight excluding hydrogens is 208 g/mol. The van der Waals surface area contributed by atoms with Gasteiger partial charge in [0.25, 0.3) is 0 Å². The van der Waals surface area contributed by atoms with E-state index in [0.29, 0.717) is 25.2 Å². The molecule has 1 aliphatic heterocycles. The highest BCUT2D eigenvalue weighted by Gasteiger charge is 2.29. The number of oxime groups is 1. The quantitative estimate of drug-likeness (QED) is 0.293. The second-order valence-electron chi connectivity index (χ2n) is 4.43. The summed E-state index contributed by atoms with van der Waals surface area (Å²) in [7, 11) is 2.06. The Morgan fingerprint density at radius 2 is 1.94 bits per heavy atom. The highest BCUT2D eigenvalue weighted by Crippen LogP contribution is 2.13. The zero-order chi connectivity index (χ0) is 12.3. The minimum absolute atomic E-state index is 0.0142. The summed E-state index contributed by atoms with van der Waals surface area (Å²) in [4.78, 5) is 15.8. The number of hydrogen-bond acceptors (Lipinski definition) is 4. The van der Waals surface area contributed by atoms with Crippen molar-refractivity contribution < 1.29 is 10.0 Å². The molecule has 0 spiro atoms. The van der Waals surface area contributed by atoms with Crippen molar-refractivity contribution in [3.05, 3.63) is 0 Å². The smallest absolute Gasteiger partial charge is 0.230 e. The molecule has 1 rings (SSSR count). The molecule has 0 saturated carbocycles. The van der Waals surface area contributed by atoms with E-state index < -0.39 is 0 Å². The number of hydrogen-bond donors (Lipinski definition) is 2. The molecule has 0 aromatic rings. The molecule has 1 aliphatic rings. The molecule has 1 amide bonds. The van der Waals surface area contributed by atoms with Gasteiger partial charge in [0.2, 0.25) is 5.91 Å². The van der Waals surface area contributed by atoms with Crippen LogP contribution in [0.15, 0.2) is 5.16 Å². The van der Waals surface area contributed by atoms with Crippen LogP contribution in [0.5, 0.6) is 0 Å². The molecule has 0 aromatic heterocycles. The average molecular weight is 228 g/mol. The third kappa shape index (κ3) is 2.85. The van der Waals surface area contributed by atoms with Crippen molar-refractivity contribution in [3.63, 3.8) is 0 Å². The van der Waals surface area contributed by atoms with Gasteiger partial charge in [-0.2, -0.15) is 0 Å². The molecule has 0 bridgehead atoms. The molecule has 6 nitrogen and oxygen atoms in total. The summed E-state index contributed by atoms with van der Waals surface area (Å²) < 4.78 is 0. The highest BCUT2D eigenvalue weighted by atomic mass is 16.4. The molecule has 2 unspecified atom stereocenters. The summed E-state index contributed by atoms with van der Waals surface area (Å²) in [6, 6.07) is 0.667. The van der Waals surface area contributed by atoms with E-state index in [1.807, 2.05) is 0 Å². The van der Waals surface area contributed by atoms with Crippen LogP contribution >= 0.6 is 0 Å². The summed E-state index contributed by atoms with van der Waals surface area (Å²) in [5.74, 6) is -0.119. The first-order valence-corrected chi connectivity index (χ1v) is 5.41. The van der Waals surface area contributed by atoms with Crippen LogP contribution in [-0.4, -0.2) is 59.0 Å². The van der Waals surface area contributed by atoms with E-state index in [1.54, 1.807) is 4.90 Å². The van der Waals surface area contributed by atoms with E-state index in [1.165, 1.54) is 0 Å². The monoisotopic (exact) mass is 228 g/mol. The number of amidine groups is 1. The fourth-order valence-electron chi connectivity index (χ4n) is 1.91. The van der Waals surface area contributed by atoms with Gasteiger partial charge in [-0.05, 0) is 20.9 Å². The van der Waals surface area contributed by atoms with Crippen molar-refractivity contribution in [1.29, 1.82) is 0 Å². The average Bonchev–Trinajstić information content (AvgIpc) is 2.24. The molecule has 16 heavy (non-hydrogen) atoms. The van der Waals surface area contributed by atoms with E-state index in [4.69, 9.17) is 10.9 Å². The number of carbonyl (C=O) groups excluding carboxylic acids is 1. The number of piperazine rings is 1. The van der Waals surface area contributed by atoms with Crippen molar-refractivity contribution in [2.24, 2.45) is 10.9 Å². The van der Waals surface area contributed by atoms with Gasteiger partial charge >= 0.3 is 0 Å². The van der Waals surface area contributed by atoms with Crippen LogP contribution < -0.4 is 5.73 Å². The minimum atomic E-state index is -0.0814. The second-order valence-corrected chi connectivity index (χ2v) is 4.43. The Morgan fingerprint density at radius 1 is 1.44 bits per heavy atom. The zero-order valence-electron chi connectivity index (χ0n) is 10.1. The Labute approximate surface area is 95.7 Å². The molecule has 6 heteroatoms. The molecule has 0 aliphatic carbocycles. The van der Waals surface area contributed by atoms with Crippen LogP contribution in [0.1, 0.15) is 20.3 Å². The van der Waals surface area contributed by atoms with Crippen LogP contribution in [0.25, 0.3) is 0 Å². The van der Waals surface area contributed by atoms with E-state index in [2.05, 4.69) is 31.0 Å². The lowest BCUT2D eigenvalue weighted by atomic mass is 10.1. The number of carbonyl (C=O) groups is 1. The Balaban J connectivity index is 2.58. The van der Waals surface area contributed by atoms with Gasteiger partial charge in [-0.3, -0.25) is 9.69 Å². The first-order chi connectivity index (χ1) is 7.45. The molecular formula is C10H20N4O2. The van der Waals surface area contributed by atoms with E-state index in [-0.39, 0.29) is 18.2 Å². The number of amides is 1. The van der Waals surface area contributed by atoms with E-state index in [9.17, 15) is 4.79 Å². The van der Waals surface area contributed by atoms with E-state index >= 15 is 0 Å². The van der Waals surface area contributed by atoms with Crippen LogP contribution in [0.4, 0.5) is 0 Å². The largest absolute Gasteiger partial charge is 0.409 e. The summed E-state index contributed by atoms with van der Waals surface area (Å²) in [5, 5.41) is 11.2. The third-order valence-electron chi connectivity index (χ3n) is 3.17. The van der Waals surface area contributed by atoms with Crippen molar-refractivity contribution in [1.82, 2.24) is 9.80 Å². The van der Waals surface area contributed by atoms with Gasteiger partial charge in [0.15, 0.2) is 0 Å². The molecule has 1 fully saturated rings. The maximum Gasteiger partial charge on any atom is 0.230 e. The standard InChI is InChI=1S/C10H20N4O2/c1-7-5-14(6-8(2)13(7)3)10(15)4-9(11)12-16/h7-8,16H,4-6H2,1-3H3,(H2,11,12). The van der Waals surface area contributed by atoms with Gasteiger partial charge in [-0.1, -0.05) is 5.16 Å². The molecule has 3 N–H and O–H groups in total. The lowest BCUT2D eigenvalue weighted by Crippen LogP contribution is -2.56. The van der Waals surface area contributed by atoms with Crippen LogP contribution in [0.3, 0.4) is 0 Å². The highest BCUT2D eigenvalue weighted by molar-refractivity contribution is 5.98. The summed E-state index contributed by atoms with van der Waals surface area (Å²) in [6.07, 6.45) is -0.0142. The predicted octanol–water partition coefficient (Wildman–Crippen LogP) is -0.326. The van der Waals surface area contributed by atoms with Crippen molar-refractivity contribution in [3.8, 4) is 0 Å². The normalized spacial score (nSPS) is 28.2. The molecule has 92 valence electrons. The molecule has 0 radical (unpaired) electrons. The van der Waals surface area contributed by atoms with Gasteiger partial charge < -0.3 is 15.8 Å². The Bertz CT molecular complexity index is 281. The van der Waals surface area contributed by atoms with Crippen LogP contribution in [0.2, 0.25) is 0 Å². The molecule has 0 aromatic carbocycles. The van der Waals surface area contributed by atoms with Crippen molar-refractivity contribution >= 4 is 11.7 Å². The van der Waals surface area contributed by atoms with Crippen LogP contribution in [-0.2, 0) is 4.79 Å². The third-order valence-corrected chi connectivity index (χ3v) is 3.17. The first kappa shape index (κ1) is 12.8. The molecule has 1 saturated heterocycles. The predicted molar refractivity (Wildman–Crippen MR) is 61.3 cm³/mol. The maximum atomic E-state index is 11.8. The lowest BCUT2D eigenvalue weighted by Gasteiger charge is -2.42.